The molecule has 6 heteroatoms. The van der Waals surface area contributed by atoms with Crippen molar-refractivity contribution in [2.75, 3.05) is 11.9 Å². The summed E-state index contributed by atoms with van der Waals surface area (Å²) in [6, 6.07) is 7.02. The van der Waals surface area contributed by atoms with E-state index >= 15 is 0 Å². The molecule has 4 N–H and O–H groups in total. The van der Waals surface area contributed by atoms with Crippen molar-refractivity contribution in [2.45, 2.75) is 38.1 Å². The summed E-state index contributed by atoms with van der Waals surface area (Å²) in [6.07, 6.45) is 4.20. The number of amides is 2. The van der Waals surface area contributed by atoms with Gasteiger partial charge in [-0.05, 0) is 62.8 Å². The summed E-state index contributed by atoms with van der Waals surface area (Å²) in [7, 11) is 0. The molecular formula is C17H24ClN3O2. The van der Waals surface area contributed by atoms with Crippen molar-refractivity contribution in [2.24, 2.45) is 17.6 Å². The second-order valence-corrected chi connectivity index (χ2v) is 6.69. The molecule has 1 aromatic rings. The van der Waals surface area contributed by atoms with Gasteiger partial charge in [-0.1, -0.05) is 0 Å². The molecule has 1 aromatic carbocycles. The van der Waals surface area contributed by atoms with Gasteiger partial charge in [-0.25, -0.2) is 0 Å². The third kappa shape index (κ3) is 4.24. The van der Waals surface area contributed by atoms with Crippen LogP contribution in [0.5, 0.6) is 0 Å². The van der Waals surface area contributed by atoms with Crippen LogP contribution in [-0.4, -0.2) is 23.9 Å². The van der Waals surface area contributed by atoms with Crippen molar-refractivity contribution < 1.29 is 9.59 Å². The fourth-order valence-corrected chi connectivity index (χ4v) is 2.67. The first kappa shape index (κ1) is 17.8. The summed E-state index contributed by atoms with van der Waals surface area (Å²) in [4.78, 5) is 24.0. The Bertz CT molecular complexity index is 582. The predicted molar refractivity (Wildman–Crippen MR) is 92.7 cm³/mol. The number of anilines is 1. The lowest BCUT2D eigenvalue weighted by molar-refractivity contribution is -0.117. The number of rotatable bonds is 6. The molecular weight excluding hydrogens is 314 g/mol. The van der Waals surface area contributed by atoms with Crippen molar-refractivity contribution in [3.05, 3.63) is 29.8 Å². The molecule has 2 aliphatic rings. The van der Waals surface area contributed by atoms with E-state index in [1.165, 1.54) is 0 Å². The number of hydrogen-bond acceptors (Lipinski definition) is 3. The summed E-state index contributed by atoms with van der Waals surface area (Å²) in [5, 5.41) is 5.93. The van der Waals surface area contributed by atoms with Crippen LogP contribution < -0.4 is 16.4 Å². The molecule has 0 radical (unpaired) electrons. The van der Waals surface area contributed by atoms with Gasteiger partial charge in [-0.2, -0.15) is 0 Å². The van der Waals surface area contributed by atoms with Crippen LogP contribution in [0.3, 0.4) is 0 Å². The molecule has 0 heterocycles. The molecule has 2 aliphatic carbocycles. The van der Waals surface area contributed by atoms with E-state index in [1.807, 2.05) is 6.92 Å². The number of nitrogens with two attached hydrogens (primary N) is 1. The molecule has 2 saturated carbocycles. The van der Waals surface area contributed by atoms with Gasteiger partial charge in [0, 0.05) is 23.7 Å². The Balaban J connectivity index is 0.00000192. The number of halogens is 1. The summed E-state index contributed by atoms with van der Waals surface area (Å²) in [5.41, 5.74) is 6.82. The van der Waals surface area contributed by atoms with Gasteiger partial charge in [0.25, 0.3) is 5.91 Å². The van der Waals surface area contributed by atoms with Crippen molar-refractivity contribution in [1.82, 2.24) is 5.32 Å². The van der Waals surface area contributed by atoms with E-state index in [4.69, 9.17) is 5.73 Å². The maximum atomic E-state index is 12.3. The Kier molecular flexibility index (Phi) is 5.32. The molecule has 5 nitrogen and oxygen atoms in total. The minimum absolute atomic E-state index is 0. The Morgan fingerprint density at radius 2 is 1.78 bits per heavy atom. The smallest absolute Gasteiger partial charge is 0.251 e. The lowest BCUT2D eigenvalue weighted by Gasteiger charge is -2.29. The van der Waals surface area contributed by atoms with E-state index in [0.717, 1.165) is 31.4 Å². The molecule has 0 aliphatic heterocycles. The van der Waals surface area contributed by atoms with Crippen LogP contribution in [0.2, 0.25) is 0 Å². The Hall–Kier alpha value is -1.59. The molecule has 23 heavy (non-hydrogen) atoms. The van der Waals surface area contributed by atoms with Gasteiger partial charge in [-0.3, -0.25) is 9.59 Å². The first-order chi connectivity index (χ1) is 10.5. The van der Waals surface area contributed by atoms with Crippen molar-refractivity contribution in [3.63, 3.8) is 0 Å². The lowest BCUT2D eigenvalue weighted by Crippen LogP contribution is -2.53. The van der Waals surface area contributed by atoms with Crippen molar-refractivity contribution in [3.8, 4) is 0 Å². The third-order valence-corrected chi connectivity index (χ3v) is 4.66. The van der Waals surface area contributed by atoms with E-state index in [9.17, 15) is 9.59 Å². The highest BCUT2D eigenvalue weighted by molar-refractivity contribution is 5.97. The molecule has 126 valence electrons. The van der Waals surface area contributed by atoms with E-state index in [-0.39, 0.29) is 35.7 Å². The quantitative estimate of drug-likeness (QED) is 0.744. The fourth-order valence-electron chi connectivity index (χ4n) is 2.67. The largest absolute Gasteiger partial charge is 0.345 e. The maximum Gasteiger partial charge on any atom is 0.251 e. The number of carbonyl (C=O) groups excluding carboxylic acids is 2. The fraction of sp³-hybridized carbons (Fsp3) is 0.529. The average Bonchev–Trinajstić information content (AvgIpc) is 3.40. The van der Waals surface area contributed by atoms with E-state index < -0.39 is 0 Å². The van der Waals surface area contributed by atoms with Crippen LogP contribution in [0.15, 0.2) is 24.3 Å². The van der Waals surface area contributed by atoms with Crippen molar-refractivity contribution in [1.29, 1.82) is 0 Å². The minimum atomic E-state index is -0.323. The number of nitrogens with one attached hydrogen (secondary N) is 2. The van der Waals surface area contributed by atoms with Crippen LogP contribution in [0.1, 0.15) is 43.0 Å². The van der Waals surface area contributed by atoms with Gasteiger partial charge >= 0.3 is 0 Å². The van der Waals surface area contributed by atoms with E-state index in [1.54, 1.807) is 24.3 Å². The van der Waals surface area contributed by atoms with Crippen LogP contribution in [-0.2, 0) is 4.79 Å². The summed E-state index contributed by atoms with van der Waals surface area (Å²) in [6.45, 7) is 2.45. The highest BCUT2D eigenvalue weighted by Gasteiger charge is 2.41. The first-order valence-electron chi connectivity index (χ1n) is 7.95. The normalized spacial score (nSPS) is 19.2. The van der Waals surface area contributed by atoms with Gasteiger partial charge in [0.15, 0.2) is 0 Å². The zero-order chi connectivity index (χ0) is 15.7. The topological polar surface area (TPSA) is 84.2 Å². The average molecular weight is 338 g/mol. The first-order valence-corrected chi connectivity index (χ1v) is 7.95. The van der Waals surface area contributed by atoms with Crippen LogP contribution >= 0.6 is 12.4 Å². The van der Waals surface area contributed by atoms with Gasteiger partial charge in [0.1, 0.15) is 0 Å². The Morgan fingerprint density at radius 3 is 2.26 bits per heavy atom. The summed E-state index contributed by atoms with van der Waals surface area (Å²) in [5.74, 6) is 0.617. The van der Waals surface area contributed by atoms with E-state index in [0.29, 0.717) is 18.0 Å². The third-order valence-electron chi connectivity index (χ3n) is 4.66. The molecule has 0 spiro atoms. The second kappa shape index (κ2) is 6.89. The Morgan fingerprint density at radius 1 is 1.17 bits per heavy atom. The van der Waals surface area contributed by atoms with Crippen molar-refractivity contribution >= 4 is 29.9 Å². The number of benzene rings is 1. The lowest BCUT2D eigenvalue weighted by atomic mass is 9.95. The highest BCUT2D eigenvalue weighted by Crippen LogP contribution is 2.39. The minimum Gasteiger partial charge on any atom is -0.345 e. The molecule has 2 fully saturated rings. The summed E-state index contributed by atoms with van der Waals surface area (Å²) >= 11 is 0. The second-order valence-electron chi connectivity index (χ2n) is 6.69. The van der Waals surface area contributed by atoms with Gasteiger partial charge < -0.3 is 16.4 Å². The Labute approximate surface area is 142 Å². The molecule has 2 amide bonds. The monoisotopic (exact) mass is 337 g/mol. The van der Waals surface area contributed by atoms with Crippen LogP contribution in [0, 0.1) is 11.8 Å². The van der Waals surface area contributed by atoms with Gasteiger partial charge in [0.05, 0.1) is 5.54 Å². The molecule has 3 rings (SSSR count). The number of hydrogen-bond donors (Lipinski definition) is 3. The maximum absolute atomic E-state index is 12.3. The highest BCUT2D eigenvalue weighted by atomic mass is 35.5. The SMILES string of the molecule is CC(CN)(NC(=O)c1ccc(NC(=O)C2CC2)cc1)C1CC1.Cl. The molecule has 1 atom stereocenters. The summed E-state index contributed by atoms with van der Waals surface area (Å²) < 4.78 is 0. The van der Waals surface area contributed by atoms with Crippen LogP contribution in [0.4, 0.5) is 5.69 Å². The van der Waals surface area contributed by atoms with Crippen LogP contribution in [0.25, 0.3) is 0 Å². The molecule has 0 bridgehead atoms. The van der Waals surface area contributed by atoms with Gasteiger partial charge in [0.2, 0.25) is 5.91 Å². The number of carbonyl (C=O) groups is 2. The molecule has 0 saturated heterocycles. The zero-order valence-corrected chi connectivity index (χ0v) is 14.1. The predicted octanol–water partition coefficient (Wildman–Crippen LogP) is 2.31. The zero-order valence-electron chi connectivity index (χ0n) is 13.3. The standard InChI is InChI=1S/C17H23N3O2.ClH/c1-17(10-18,13-6-7-13)20-16(22)12-4-8-14(9-5-12)19-15(21)11-2-3-11;/h4-5,8-9,11,13H,2-3,6-7,10,18H2,1H3,(H,19,21)(H,20,22);1H. The van der Waals surface area contributed by atoms with Gasteiger partial charge in [-0.15, -0.1) is 12.4 Å². The molecule has 0 aromatic heterocycles. The van der Waals surface area contributed by atoms with E-state index in [2.05, 4.69) is 10.6 Å². The molecule has 1 unspecified atom stereocenters.